The molecule has 0 spiro atoms. The van der Waals surface area contributed by atoms with E-state index in [0.29, 0.717) is 11.3 Å². The molecule has 1 saturated heterocycles. The van der Waals surface area contributed by atoms with Crippen LogP contribution in [0.5, 0.6) is 0 Å². The van der Waals surface area contributed by atoms with Gasteiger partial charge in [0.25, 0.3) is 5.91 Å². The van der Waals surface area contributed by atoms with E-state index >= 15 is 0 Å². The Bertz CT molecular complexity index is 795. The molecular weight excluding hydrogens is 374 g/mol. The monoisotopic (exact) mass is 387 g/mol. The summed E-state index contributed by atoms with van der Waals surface area (Å²) < 4.78 is 0.720. The van der Waals surface area contributed by atoms with Crippen molar-refractivity contribution in [1.29, 1.82) is 0 Å². The Morgan fingerprint density at radius 2 is 1.75 bits per heavy atom. The van der Waals surface area contributed by atoms with E-state index in [1.165, 1.54) is 0 Å². The molecule has 1 aliphatic heterocycles. The largest absolute Gasteiger partial charge is 0.325 e. The first kappa shape index (κ1) is 16.2. The minimum absolute atomic E-state index is 0.338. The number of hydrogen-bond acceptors (Lipinski definition) is 3. The van der Waals surface area contributed by atoms with E-state index in [9.17, 15) is 14.4 Å². The average molecular weight is 388 g/mol. The van der Waals surface area contributed by atoms with Gasteiger partial charge in [0, 0.05) is 4.47 Å². The van der Waals surface area contributed by atoms with Crippen molar-refractivity contribution in [2.45, 2.75) is 6.04 Å². The van der Waals surface area contributed by atoms with Crippen molar-refractivity contribution in [1.82, 2.24) is 10.2 Å². The summed E-state index contributed by atoms with van der Waals surface area (Å²) in [5.74, 6) is -0.882. The van der Waals surface area contributed by atoms with Gasteiger partial charge in [0.05, 0.1) is 5.69 Å². The molecular formula is C17H14BrN3O3. The Morgan fingerprint density at radius 3 is 2.46 bits per heavy atom. The van der Waals surface area contributed by atoms with Gasteiger partial charge in [-0.2, -0.15) is 0 Å². The number of imide groups is 1. The van der Waals surface area contributed by atoms with Gasteiger partial charge in [-0.05, 0) is 33.6 Å². The number of nitrogens with zero attached hydrogens (tertiary/aromatic N) is 1. The molecule has 0 aromatic heterocycles. The Balaban J connectivity index is 1.69. The van der Waals surface area contributed by atoms with Gasteiger partial charge in [0.15, 0.2) is 0 Å². The SMILES string of the molecule is O=C(CN1C(=O)NC(c2ccccc2)C1=O)Nc1ccccc1Br. The topological polar surface area (TPSA) is 78.5 Å². The number of hydrogen-bond donors (Lipinski definition) is 2. The summed E-state index contributed by atoms with van der Waals surface area (Å²) in [7, 11) is 0. The van der Waals surface area contributed by atoms with Crippen molar-refractivity contribution in [3.8, 4) is 0 Å². The second-order valence-corrected chi connectivity index (χ2v) is 6.10. The molecule has 0 saturated carbocycles. The molecule has 0 aliphatic carbocycles. The van der Waals surface area contributed by atoms with Gasteiger partial charge in [-0.1, -0.05) is 42.5 Å². The summed E-state index contributed by atoms with van der Waals surface area (Å²) in [6.07, 6.45) is 0. The Kier molecular flexibility index (Phi) is 4.61. The molecule has 2 N–H and O–H groups in total. The van der Waals surface area contributed by atoms with E-state index in [0.717, 1.165) is 9.37 Å². The van der Waals surface area contributed by atoms with Crippen LogP contribution < -0.4 is 10.6 Å². The van der Waals surface area contributed by atoms with E-state index in [-0.39, 0.29) is 6.54 Å². The molecule has 6 nitrogen and oxygen atoms in total. The maximum atomic E-state index is 12.4. The average Bonchev–Trinajstić information content (AvgIpc) is 2.86. The third-order valence-electron chi connectivity index (χ3n) is 3.61. The van der Waals surface area contributed by atoms with Crippen molar-refractivity contribution in [2.75, 3.05) is 11.9 Å². The molecule has 1 aliphatic rings. The van der Waals surface area contributed by atoms with E-state index in [4.69, 9.17) is 0 Å². The van der Waals surface area contributed by atoms with Crippen molar-refractivity contribution in [3.63, 3.8) is 0 Å². The van der Waals surface area contributed by atoms with Gasteiger partial charge < -0.3 is 10.6 Å². The number of nitrogens with one attached hydrogen (secondary N) is 2. The lowest BCUT2D eigenvalue weighted by atomic mass is 10.1. The number of rotatable bonds is 4. The number of anilines is 1. The lowest BCUT2D eigenvalue weighted by Gasteiger charge is -2.13. The molecule has 3 rings (SSSR count). The summed E-state index contributed by atoms with van der Waals surface area (Å²) in [5.41, 5.74) is 1.26. The van der Waals surface area contributed by atoms with Gasteiger partial charge in [0.2, 0.25) is 5.91 Å². The van der Waals surface area contributed by atoms with Crippen LogP contribution in [0.25, 0.3) is 0 Å². The van der Waals surface area contributed by atoms with E-state index < -0.39 is 23.9 Å². The number of urea groups is 1. The van der Waals surface area contributed by atoms with Crippen LogP contribution in [-0.2, 0) is 9.59 Å². The minimum atomic E-state index is -0.755. The third kappa shape index (κ3) is 3.30. The summed E-state index contributed by atoms with van der Waals surface area (Å²) >= 11 is 3.33. The van der Waals surface area contributed by atoms with Gasteiger partial charge in [0.1, 0.15) is 12.6 Å². The predicted octanol–water partition coefficient (Wildman–Crippen LogP) is 2.68. The van der Waals surface area contributed by atoms with Gasteiger partial charge in [-0.15, -0.1) is 0 Å². The second-order valence-electron chi connectivity index (χ2n) is 5.25. The first-order valence-corrected chi connectivity index (χ1v) is 8.07. The summed E-state index contributed by atoms with van der Waals surface area (Å²) in [6.45, 7) is -0.338. The molecule has 1 heterocycles. The van der Waals surface area contributed by atoms with Crippen molar-refractivity contribution in [3.05, 3.63) is 64.6 Å². The van der Waals surface area contributed by atoms with Crippen LogP contribution in [-0.4, -0.2) is 29.3 Å². The second kappa shape index (κ2) is 6.84. The van der Waals surface area contributed by atoms with E-state index in [2.05, 4.69) is 26.6 Å². The number of amides is 4. The Hall–Kier alpha value is -2.67. The van der Waals surface area contributed by atoms with E-state index in [1.807, 2.05) is 12.1 Å². The fourth-order valence-corrected chi connectivity index (χ4v) is 2.82. The van der Waals surface area contributed by atoms with Gasteiger partial charge in [-0.3, -0.25) is 14.5 Å². The van der Waals surface area contributed by atoms with Gasteiger partial charge >= 0.3 is 6.03 Å². The predicted molar refractivity (Wildman–Crippen MR) is 92.2 cm³/mol. The first-order chi connectivity index (χ1) is 11.6. The zero-order valence-electron chi connectivity index (χ0n) is 12.5. The summed E-state index contributed by atoms with van der Waals surface area (Å²) in [6, 6.07) is 14.7. The molecule has 122 valence electrons. The fourth-order valence-electron chi connectivity index (χ4n) is 2.44. The third-order valence-corrected chi connectivity index (χ3v) is 4.30. The normalized spacial score (nSPS) is 16.9. The summed E-state index contributed by atoms with van der Waals surface area (Å²) in [4.78, 5) is 37.5. The zero-order chi connectivity index (χ0) is 17.1. The molecule has 1 unspecified atom stereocenters. The highest BCUT2D eigenvalue weighted by Crippen LogP contribution is 2.23. The van der Waals surface area contributed by atoms with Crippen LogP contribution in [0.4, 0.5) is 10.5 Å². The Labute approximate surface area is 147 Å². The van der Waals surface area contributed by atoms with Crippen LogP contribution in [0.3, 0.4) is 0 Å². The van der Waals surface area contributed by atoms with Crippen LogP contribution in [0.15, 0.2) is 59.1 Å². The summed E-state index contributed by atoms with van der Waals surface area (Å²) in [5, 5.41) is 5.27. The van der Waals surface area contributed by atoms with Crippen LogP contribution in [0.1, 0.15) is 11.6 Å². The number of carbonyl (C=O) groups excluding carboxylic acids is 3. The molecule has 0 radical (unpaired) electrons. The molecule has 7 heteroatoms. The van der Waals surface area contributed by atoms with Crippen LogP contribution in [0.2, 0.25) is 0 Å². The molecule has 0 bridgehead atoms. The van der Waals surface area contributed by atoms with Crippen molar-refractivity contribution >= 4 is 39.5 Å². The highest BCUT2D eigenvalue weighted by atomic mass is 79.9. The first-order valence-electron chi connectivity index (χ1n) is 7.27. The van der Waals surface area contributed by atoms with Crippen molar-refractivity contribution in [2.24, 2.45) is 0 Å². The fraction of sp³-hybridized carbons (Fsp3) is 0.118. The minimum Gasteiger partial charge on any atom is -0.324 e. The van der Waals surface area contributed by atoms with Gasteiger partial charge in [-0.25, -0.2) is 4.79 Å². The number of para-hydroxylation sites is 1. The number of carbonyl (C=O) groups is 3. The molecule has 1 fully saturated rings. The van der Waals surface area contributed by atoms with Crippen LogP contribution in [0, 0.1) is 0 Å². The molecule has 2 aromatic carbocycles. The smallest absolute Gasteiger partial charge is 0.324 e. The maximum Gasteiger partial charge on any atom is 0.325 e. The standard InChI is InChI=1S/C17H14BrN3O3/c18-12-8-4-5-9-13(12)19-14(22)10-21-16(23)15(20-17(21)24)11-6-2-1-3-7-11/h1-9,15H,10H2,(H,19,22)(H,20,24). The quantitative estimate of drug-likeness (QED) is 0.791. The zero-order valence-corrected chi connectivity index (χ0v) is 14.1. The van der Waals surface area contributed by atoms with Crippen LogP contribution >= 0.6 is 15.9 Å². The Morgan fingerprint density at radius 1 is 1.08 bits per heavy atom. The lowest BCUT2D eigenvalue weighted by molar-refractivity contribution is -0.130. The highest BCUT2D eigenvalue weighted by Gasteiger charge is 2.39. The maximum absolute atomic E-state index is 12.4. The molecule has 4 amide bonds. The number of halogens is 1. The molecule has 1 atom stereocenters. The number of benzene rings is 2. The highest BCUT2D eigenvalue weighted by molar-refractivity contribution is 9.10. The molecule has 2 aromatic rings. The van der Waals surface area contributed by atoms with E-state index in [1.54, 1.807) is 42.5 Å². The molecule has 24 heavy (non-hydrogen) atoms. The lowest BCUT2D eigenvalue weighted by Crippen LogP contribution is -2.38. The van der Waals surface area contributed by atoms with Crippen molar-refractivity contribution < 1.29 is 14.4 Å².